The lowest BCUT2D eigenvalue weighted by molar-refractivity contribution is 0.122. The van der Waals surface area contributed by atoms with Crippen molar-refractivity contribution < 1.29 is 13.9 Å². The molecule has 1 aromatic heterocycles. The van der Waals surface area contributed by atoms with E-state index < -0.39 is 0 Å². The fraction of sp³-hybridized carbons (Fsp3) is 0.286. The van der Waals surface area contributed by atoms with E-state index in [0.717, 1.165) is 13.1 Å². The molecule has 0 bridgehead atoms. The SMILES string of the molecule is Fc1ccc(Oc2ccnc(N3CCOCC3)n2)cc1. The average Bonchev–Trinajstić information content (AvgIpc) is 2.51. The van der Waals surface area contributed by atoms with Crippen LogP contribution in [0.15, 0.2) is 36.5 Å². The second-order valence-electron chi connectivity index (χ2n) is 4.35. The van der Waals surface area contributed by atoms with E-state index in [2.05, 4.69) is 9.97 Å². The van der Waals surface area contributed by atoms with Crippen molar-refractivity contribution in [1.29, 1.82) is 0 Å². The van der Waals surface area contributed by atoms with Crippen LogP contribution in [0.1, 0.15) is 0 Å². The molecule has 1 aromatic carbocycles. The van der Waals surface area contributed by atoms with Gasteiger partial charge in [-0.05, 0) is 24.3 Å². The van der Waals surface area contributed by atoms with Crippen molar-refractivity contribution in [2.75, 3.05) is 31.2 Å². The number of halogens is 1. The Hall–Kier alpha value is -2.21. The predicted molar refractivity (Wildman–Crippen MR) is 71.5 cm³/mol. The normalized spacial score (nSPS) is 15.2. The zero-order valence-corrected chi connectivity index (χ0v) is 10.8. The Bertz CT molecular complexity index is 571. The van der Waals surface area contributed by atoms with Gasteiger partial charge < -0.3 is 14.4 Å². The van der Waals surface area contributed by atoms with Gasteiger partial charge in [0, 0.05) is 25.4 Å². The van der Waals surface area contributed by atoms with Gasteiger partial charge in [0.15, 0.2) is 0 Å². The summed E-state index contributed by atoms with van der Waals surface area (Å²) in [5.41, 5.74) is 0. The third-order valence-electron chi connectivity index (χ3n) is 2.95. The Morgan fingerprint density at radius 3 is 2.60 bits per heavy atom. The number of hydrogen-bond donors (Lipinski definition) is 0. The van der Waals surface area contributed by atoms with Gasteiger partial charge in [0.1, 0.15) is 11.6 Å². The van der Waals surface area contributed by atoms with Crippen LogP contribution in [0.2, 0.25) is 0 Å². The molecule has 104 valence electrons. The second-order valence-corrected chi connectivity index (χ2v) is 4.35. The smallest absolute Gasteiger partial charge is 0.228 e. The minimum Gasteiger partial charge on any atom is -0.439 e. The first kappa shape index (κ1) is 12.8. The fourth-order valence-corrected chi connectivity index (χ4v) is 1.93. The van der Waals surface area contributed by atoms with Gasteiger partial charge in [-0.25, -0.2) is 9.37 Å². The molecule has 3 rings (SSSR count). The number of ether oxygens (including phenoxy) is 2. The van der Waals surface area contributed by atoms with Crippen LogP contribution in [0.4, 0.5) is 10.3 Å². The molecule has 1 aliphatic heterocycles. The molecule has 0 N–H and O–H groups in total. The molecule has 1 fully saturated rings. The summed E-state index contributed by atoms with van der Waals surface area (Å²) in [6.45, 7) is 2.87. The highest BCUT2D eigenvalue weighted by molar-refractivity contribution is 5.34. The average molecular weight is 275 g/mol. The summed E-state index contributed by atoms with van der Waals surface area (Å²) in [4.78, 5) is 10.6. The van der Waals surface area contributed by atoms with Crippen molar-refractivity contribution in [1.82, 2.24) is 9.97 Å². The van der Waals surface area contributed by atoms with Gasteiger partial charge in [-0.3, -0.25) is 0 Å². The summed E-state index contributed by atoms with van der Waals surface area (Å²) in [5, 5.41) is 0. The van der Waals surface area contributed by atoms with Crippen LogP contribution in [0.5, 0.6) is 11.6 Å². The molecule has 0 aliphatic carbocycles. The molecule has 0 radical (unpaired) electrons. The third kappa shape index (κ3) is 3.03. The molecule has 0 spiro atoms. The summed E-state index contributed by atoms with van der Waals surface area (Å²) in [6, 6.07) is 7.49. The summed E-state index contributed by atoms with van der Waals surface area (Å²) >= 11 is 0. The second kappa shape index (κ2) is 5.83. The van der Waals surface area contributed by atoms with Gasteiger partial charge in [0.2, 0.25) is 11.8 Å². The van der Waals surface area contributed by atoms with Gasteiger partial charge >= 0.3 is 0 Å². The number of rotatable bonds is 3. The van der Waals surface area contributed by atoms with Crippen molar-refractivity contribution in [2.24, 2.45) is 0 Å². The maximum Gasteiger partial charge on any atom is 0.228 e. The molecule has 0 saturated carbocycles. The Morgan fingerprint density at radius 1 is 1.10 bits per heavy atom. The van der Waals surface area contributed by atoms with Crippen molar-refractivity contribution in [3.63, 3.8) is 0 Å². The summed E-state index contributed by atoms with van der Waals surface area (Å²) in [5.74, 6) is 1.30. The van der Waals surface area contributed by atoms with E-state index in [9.17, 15) is 4.39 Å². The fourth-order valence-electron chi connectivity index (χ4n) is 1.93. The molecule has 0 atom stereocenters. The van der Waals surface area contributed by atoms with Gasteiger partial charge in [0.05, 0.1) is 13.2 Å². The van der Waals surface area contributed by atoms with Gasteiger partial charge in [-0.15, -0.1) is 0 Å². The molecule has 0 unspecified atom stereocenters. The van der Waals surface area contributed by atoms with Gasteiger partial charge in [0.25, 0.3) is 0 Å². The summed E-state index contributed by atoms with van der Waals surface area (Å²) < 4.78 is 23.7. The third-order valence-corrected chi connectivity index (χ3v) is 2.95. The first-order chi connectivity index (χ1) is 9.81. The standard InChI is InChI=1S/C14H14FN3O2/c15-11-1-3-12(4-2-11)20-13-5-6-16-14(17-13)18-7-9-19-10-8-18/h1-6H,7-10H2. The number of anilines is 1. The van der Waals surface area contributed by atoms with Crippen molar-refractivity contribution in [3.05, 3.63) is 42.3 Å². The van der Waals surface area contributed by atoms with Crippen LogP contribution >= 0.6 is 0 Å². The number of nitrogens with zero attached hydrogens (tertiary/aromatic N) is 3. The Labute approximate surface area is 116 Å². The monoisotopic (exact) mass is 275 g/mol. The molecule has 5 nitrogen and oxygen atoms in total. The van der Waals surface area contributed by atoms with E-state index >= 15 is 0 Å². The van der Waals surface area contributed by atoms with Crippen molar-refractivity contribution >= 4 is 5.95 Å². The van der Waals surface area contributed by atoms with E-state index in [4.69, 9.17) is 9.47 Å². The van der Waals surface area contributed by atoms with E-state index in [-0.39, 0.29) is 5.82 Å². The highest BCUT2D eigenvalue weighted by Gasteiger charge is 2.14. The van der Waals surface area contributed by atoms with Gasteiger partial charge in [-0.2, -0.15) is 4.98 Å². The number of morpholine rings is 1. The minimum atomic E-state index is -0.297. The lowest BCUT2D eigenvalue weighted by atomic mass is 10.3. The van der Waals surface area contributed by atoms with E-state index in [0.29, 0.717) is 30.8 Å². The Kier molecular flexibility index (Phi) is 3.73. The molecule has 6 heteroatoms. The highest BCUT2D eigenvalue weighted by Crippen LogP contribution is 2.21. The summed E-state index contributed by atoms with van der Waals surface area (Å²) in [6.07, 6.45) is 1.65. The lowest BCUT2D eigenvalue weighted by Crippen LogP contribution is -2.37. The number of benzene rings is 1. The topological polar surface area (TPSA) is 47.5 Å². The molecule has 20 heavy (non-hydrogen) atoms. The van der Waals surface area contributed by atoms with Gasteiger partial charge in [-0.1, -0.05) is 0 Å². The van der Waals surface area contributed by atoms with Crippen LogP contribution in [0, 0.1) is 5.82 Å². The molecular formula is C14H14FN3O2. The zero-order valence-electron chi connectivity index (χ0n) is 10.8. The molecular weight excluding hydrogens is 261 g/mol. The Morgan fingerprint density at radius 2 is 1.85 bits per heavy atom. The number of hydrogen-bond acceptors (Lipinski definition) is 5. The number of aromatic nitrogens is 2. The van der Waals surface area contributed by atoms with Crippen LogP contribution in [-0.4, -0.2) is 36.3 Å². The lowest BCUT2D eigenvalue weighted by Gasteiger charge is -2.26. The van der Waals surface area contributed by atoms with Crippen LogP contribution in [-0.2, 0) is 4.74 Å². The molecule has 2 heterocycles. The first-order valence-electron chi connectivity index (χ1n) is 6.40. The molecule has 2 aromatic rings. The molecule has 0 amide bonds. The van der Waals surface area contributed by atoms with E-state index in [1.807, 2.05) is 4.90 Å². The van der Waals surface area contributed by atoms with Crippen molar-refractivity contribution in [2.45, 2.75) is 0 Å². The quantitative estimate of drug-likeness (QED) is 0.859. The maximum atomic E-state index is 12.8. The Balaban J connectivity index is 1.75. The molecule has 1 saturated heterocycles. The van der Waals surface area contributed by atoms with E-state index in [1.165, 1.54) is 12.1 Å². The summed E-state index contributed by atoms with van der Waals surface area (Å²) in [7, 11) is 0. The maximum absolute atomic E-state index is 12.8. The zero-order chi connectivity index (χ0) is 13.8. The van der Waals surface area contributed by atoms with Crippen LogP contribution in [0.3, 0.4) is 0 Å². The first-order valence-corrected chi connectivity index (χ1v) is 6.40. The predicted octanol–water partition coefficient (Wildman–Crippen LogP) is 2.24. The van der Waals surface area contributed by atoms with Crippen LogP contribution in [0.25, 0.3) is 0 Å². The van der Waals surface area contributed by atoms with E-state index in [1.54, 1.807) is 24.4 Å². The van der Waals surface area contributed by atoms with Crippen LogP contribution < -0.4 is 9.64 Å². The highest BCUT2D eigenvalue weighted by atomic mass is 19.1. The van der Waals surface area contributed by atoms with Crippen molar-refractivity contribution in [3.8, 4) is 11.6 Å². The minimum absolute atomic E-state index is 0.297. The largest absolute Gasteiger partial charge is 0.439 e. The molecule has 1 aliphatic rings.